The zero-order chi connectivity index (χ0) is 16.1. The molecule has 6 heteroatoms. The Morgan fingerprint density at radius 1 is 1.27 bits per heavy atom. The van der Waals surface area contributed by atoms with Crippen LogP contribution in [0.15, 0.2) is 35.3 Å². The van der Waals surface area contributed by atoms with Crippen molar-refractivity contribution in [1.82, 2.24) is 9.13 Å². The van der Waals surface area contributed by atoms with Crippen molar-refractivity contribution in [2.24, 2.45) is 5.92 Å². The Balaban J connectivity index is 2.32. The van der Waals surface area contributed by atoms with Crippen molar-refractivity contribution >= 4 is 11.6 Å². The molecule has 0 aliphatic carbocycles. The largest absolute Gasteiger partial charge is 0.332 e. The predicted octanol–water partition coefficient (Wildman–Crippen LogP) is 3.04. The van der Waals surface area contributed by atoms with Gasteiger partial charge >= 0.3 is 5.69 Å². The Morgan fingerprint density at radius 3 is 2.55 bits per heavy atom. The van der Waals surface area contributed by atoms with Crippen molar-refractivity contribution in [2.45, 2.75) is 26.3 Å². The highest BCUT2D eigenvalue weighted by Crippen LogP contribution is 2.15. The van der Waals surface area contributed by atoms with Gasteiger partial charge in [-0.05, 0) is 37.6 Å². The Labute approximate surface area is 133 Å². The Morgan fingerprint density at radius 2 is 1.95 bits per heavy atom. The quantitative estimate of drug-likeness (QED) is 0.851. The highest BCUT2D eigenvalue weighted by atomic mass is 35.5. The lowest BCUT2D eigenvalue weighted by Gasteiger charge is -2.07. The highest BCUT2D eigenvalue weighted by Gasteiger charge is 2.14. The molecule has 0 spiro atoms. The molecule has 0 fully saturated rings. The summed E-state index contributed by atoms with van der Waals surface area (Å²) in [5.41, 5.74) is 1.32. The van der Waals surface area contributed by atoms with Crippen LogP contribution in [0.2, 0.25) is 5.02 Å². The minimum Gasteiger partial charge on any atom is -0.297 e. The number of halogens is 1. The second kappa shape index (κ2) is 6.98. The Kier molecular flexibility index (Phi) is 5.04. The molecule has 0 aliphatic heterocycles. The zero-order valence-corrected chi connectivity index (χ0v) is 12.9. The average Bonchev–Trinajstić information content (AvgIpc) is 2.79. The first kappa shape index (κ1) is 15.9. The number of nitriles is 2. The molecular formula is C16H15ClN4O. The van der Waals surface area contributed by atoms with Crippen LogP contribution >= 0.6 is 11.6 Å². The minimum absolute atomic E-state index is 0.197. The second-order valence-corrected chi connectivity index (χ2v) is 5.48. The molecule has 1 aromatic carbocycles. The fraction of sp³-hybridized carbons (Fsp3) is 0.312. The monoisotopic (exact) mass is 314 g/mol. The molecule has 0 N–H and O–H groups in total. The van der Waals surface area contributed by atoms with Crippen molar-refractivity contribution in [3.8, 4) is 17.8 Å². The van der Waals surface area contributed by atoms with E-state index in [9.17, 15) is 4.79 Å². The lowest BCUT2D eigenvalue weighted by molar-refractivity contribution is 0.499. The summed E-state index contributed by atoms with van der Waals surface area (Å²) in [6, 6.07) is 11.2. The van der Waals surface area contributed by atoms with Crippen molar-refractivity contribution in [1.29, 1.82) is 10.5 Å². The minimum atomic E-state index is -0.349. The smallest absolute Gasteiger partial charge is 0.297 e. The molecule has 0 saturated heterocycles. The predicted molar refractivity (Wildman–Crippen MR) is 83.7 cm³/mol. The maximum absolute atomic E-state index is 12.5. The number of benzene rings is 1. The molecule has 0 radical (unpaired) electrons. The van der Waals surface area contributed by atoms with Crippen LogP contribution in [-0.4, -0.2) is 9.13 Å². The maximum Gasteiger partial charge on any atom is 0.332 e. The summed E-state index contributed by atoms with van der Waals surface area (Å²) in [5, 5.41) is 18.3. The molecular weight excluding hydrogens is 300 g/mol. The van der Waals surface area contributed by atoms with E-state index in [-0.39, 0.29) is 11.6 Å². The van der Waals surface area contributed by atoms with Crippen LogP contribution in [-0.2, 0) is 6.54 Å². The van der Waals surface area contributed by atoms with Crippen LogP contribution in [0.5, 0.6) is 0 Å². The van der Waals surface area contributed by atoms with E-state index < -0.39 is 0 Å². The van der Waals surface area contributed by atoms with Gasteiger partial charge in [-0.1, -0.05) is 11.6 Å². The van der Waals surface area contributed by atoms with Crippen molar-refractivity contribution in [2.75, 3.05) is 0 Å². The normalized spacial score (nSPS) is 11.6. The van der Waals surface area contributed by atoms with Gasteiger partial charge in [-0.2, -0.15) is 10.5 Å². The van der Waals surface area contributed by atoms with Gasteiger partial charge in [0.1, 0.15) is 0 Å². The first-order valence-electron chi connectivity index (χ1n) is 6.88. The van der Waals surface area contributed by atoms with E-state index in [1.54, 1.807) is 35.0 Å². The van der Waals surface area contributed by atoms with E-state index in [1.165, 1.54) is 4.57 Å². The van der Waals surface area contributed by atoms with Gasteiger partial charge in [0.2, 0.25) is 0 Å². The highest BCUT2D eigenvalue weighted by molar-refractivity contribution is 6.30. The van der Waals surface area contributed by atoms with Gasteiger partial charge in [-0.25, -0.2) is 4.79 Å². The van der Waals surface area contributed by atoms with Gasteiger partial charge in [0, 0.05) is 29.9 Å². The fourth-order valence-corrected chi connectivity index (χ4v) is 2.45. The summed E-state index contributed by atoms with van der Waals surface area (Å²) in [4.78, 5) is 12.5. The summed E-state index contributed by atoms with van der Waals surface area (Å²) >= 11 is 5.87. The van der Waals surface area contributed by atoms with E-state index in [0.29, 0.717) is 24.4 Å². The molecule has 5 nitrogen and oxygen atoms in total. The van der Waals surface area contributed by atoms with E-state index in [1.807, 2.05) is 13.0 Å². The van der Waals surface area contributed by atoms with E-state index in [0.717, 1.165) is 11.4 Å². The molecule has 22 heavy (non-hydrogen) atoms. The van der Waals surface area contributed by atoms with Crippen LogP contribution in [0.25, 0.3) is 5.69 Å². The number of hydrogen-bond acceptors (Lipinski definition) is 3. The van der Waals surface area contributed by atoms with Gasteiger partial charge in [-0.15, -0.1) is 0 Å². The number of nitrogens with zero attached hydrogens (tertiary/aromatic N) is 4. The Bertz CT molecular complexity index is 790. The fourth-order valence-electron chi connectivity index (χ4n) is 2.33. The molecule has 2 aromatic rings. The molecule has 0 aliphatic rings. The van der Waals surface area contributed by atoms with E-state index >= 15 is 0 Å². The molecule has 2 rings (SSSR count). The number of rotatable bonds is 5. The maximum atomic E-state index is 12.5. The molecule has 1 aromatic heterocycles. The summed E-state index contributed by atoms with van der Waals surface area (Å²) in [7, 11) is 0. The van der Waals surface area contributed by atoms with Gasteiger partial charge in [0.05, 0.1) is 23.7 Å². The third-order valence-corrected chi connectivity index (χ3v) is 3.67. The van der Waals surface area contributed by atoms with Crippen molar-refractivity contribution in [3.05, 3.63) is 51.7 Å². The molecule has 112 valence electrons. The van der Waals surface area contributed by atoms with Crippen LogP contribution in [0, 0.1) is 35.5 Å². The number of aryl methyl sites for hydroxylation is 1. The van der Waals surface area contributed by atoms with E-state index in [2.05, 4.69) is 6.07 Å². The number of imidazole rings is 1. The lowest BCUT2D eigenvalue weighted by Crippen LogP contribution is -2.26. The summed E-state index contributed by atoms with van der Waals surface area (Å²) < 4.78 is 3.10. The molecule has 0 bridgehead atoms. The van der Waals surface area contributed by atoms with E-state index in [4.69, 9.17) is 22.1 Å². The standard InChI is InChI=1S/C16H15ClN4O/c1-12-10-20(11-13(9-19)3-2-8-18)16(22)21(12)15-6-4-14(17)5-7-15/h4-7,10,13H,2-3,11H2,1H3/t13-/m0/s1. The van der Waals surface area contributed by atoms with Crippen LogP contribution in [0.1, 0.15) is 18.5 Å². The number of aromatic nitrogens is 2. The summed E-state index contributed by atoms with van der Waals surface area (Å²) in [6.45, 7) is 2.13. The third kappa shape index (κ3) is 3.39. The topological polar surface area (TPSA) is 74.5 Å². The first-order chi connectivity index (χ1) is 10.6. The molecule has 0 saturated carbocycles. The molecule has 0 unspecified atom stereocenters. The lowest BCUT2D eigenvalue weighted by atomic mass is 10.1. The average molecular weight is 315 g/mol. The van der Waals surface area contributed by atoms with Crippen molar-refractivity contribution < 1.29 is 0 Å². The summed E-state index contributed by atoms with van der Waals surface area (Å²) in [6.07, 6.45) is 2.50. The van der Waals surface area contributed by atoms with Gasteiger partial charge in [0.15, 0.2) is 0 Å². The summed E-state index contributed by atoms with van der Waals surface area (Å²) in [5.74, 6) is -0.349. The van der Waals surface area contributed by atoms with Gasteiger partial charge in [-0.3, -0.25) is 9.13 Å². The molecule has 1 atom stereocenters. The Hall–Kier alpha value is -2.50. The second-order valence-electron chi connectivity index (χ2n) is 5.04. The van der Waals surface area contributed by atoms with Crippen LogP contribution in [0.4, 0.5) is 0 Å². The number of hydrogen-bond donors (Lipinski definition) is 0. The molecule has 1 heterocycles. The van der Waals surface area contributed by atoms with Gasteiger partial charge < -0.3 is 0 Å². The van der Waals surface area contributed by atoms with Crippen molar-refractivity contribution in [3.63, 3.8) is 0 Å². The van der Waals surface area contributed by atoms with Crippen LogP contribution < -0.4 is 5.69 Å². The van der Waals surface area contributed by atoms with Gasteiger partial charge in [0.25, 0.3) is 0 Å². The SMILES string of the molecule is Cc1cn(C[C@H](C#N)CCC#N)c(=O)n1-c1ccc(Cl)cc1. The first-order valence-corrected chi connectivity index (χ1v) is 7.26. The third-order valence-electron chi connectivity index (χ3n) is 3.42. The van der Waals surface area contributed by atoms with Crippen LogP contribution in [0.3, 0.4) is 0 Å². The molecule has 0 amide bonds. The zero-order valence-electron chi connectivity index (χ0n) is 12.2.